The lowest BCUT2D eigenvalue weighted by atomic mass is 9.98. The molecule has 166 valence electrons. The van der Waals surface area contributed by atoms with Gasteiger partial charge in [0.05, 0.1) is 37.5 Å². The smallest absolute Gasteiger partial charge is 0.407 e. The van der Waals surface area contributed by atoms with Crippen LogP contribution >= 0.6 is 8.25 Å². The Kier molecular flexibility index (Phi) is 13.2. The van der Waals surface area contributed by atoms with Crippen molar-refractivity contribution in [1.82, 2.24) is 10.6 Å². The van der Waals surface area contributed by atoms with Crippen LogP contribution in [-0.2, 0) is 23.1 Å². The fourth-order valence-electron chi connectivity index (χ4n) is 2.57. The average Bonchev–Trinajstić information content (AvgIpc) is 2.69. The van der Waals surface area contributed by atoms with E-state index in [2.05, 4.69) is 10.6 Å². The molecule has 9 nitrogen and oxygen atoms in total. The van der Waals surface area contributed by atoms with Gasteiger partial charge in [0.25, 0.3) is 0 Å². The first-order valence-electron chi connectivity index (χ1n) is 9.99. The van der Waals surface area contributed by atoms with Crippen LogP contribution in [0.5, 0.6) is 0 Å². The molecule has 10 heteroatoms. The van der Waals surface area contributed by atoms with Crippen molar-refractivity contribution in [2.24, 2.45) is 0 Å². The topological polar surface area (TPSA) is 112 Å². The van der Waals surface area contributed by atoms with Crippen LogP contribution in [-0.4, -0.2) is 49.7 Å². The molecule has 0 saturated carbocycles. The first-order chi connectivity index (χ1) is 13.3. The highest BCUT2D eigenvalue weighted by atomic mass is 31.1. The van der Waals surface area contributed by atoms with Gasteiger partial charge in [-0.25, -0.2) is 9.59 Å². The van der Waals surface area contributed by atoms with E-state index in [4.69, 9.17) is 18.5 Å². The fraction of sp³-hybridized carbons (Fsp3) is 0.889. The van der Waals surface area contributed by atoms with Gasteiger partial charge in [0.2, 0.25) is 0 Å². The molecule has 0 aromatic heterocycles. The molecule has 0 spiro atoms. The second-order valence-electron chi connectivity index (χ2n) is 6.38. The minimum Gasteiger partial charge on any atom is -0.450 e. The van der Waals surface area contributed by atoms with Gasteiger partial charge >= 0.3 is 20.4 Å². The summed E-state index contributed by atoms with van der Waals surface area (Å²) in [6.45, 7) is 11.8. The Morgan fingerprint density at radius 1 is 0.714 bits per heavy atom. The van der Waals surface area contributed by atoms with E-state index < -0.39 is 31.6 Å². The van der Waals surface area contributed by atoms with Crippen LogP contribution in [0.25, 0.3) is 0 Å². The third-order valence-corrected chi connectivity index (χ3v) is 6.04. The first-order valence-corrected chi connectivity index (χ1v) is 11.2. The summed E-state index contributed by atoms with van der Waals surface area (Å²) in [6.07, 6.45) is 1.02. The average molecular weight is 424 g/mol. The SMILES string of the molecule is CCOC(=O)NCC(CC)(CC)O[PH](=O)OC(CC)(CC)CNC(=O)OCC. The molecule has 28 heavy (non-hydrogen) atoms. The van der Waals surface area contributed by atoms with E-state index >= 15 is 0 Å². The molecule has 0 aliphatic rings. The van der Waals surface area contributed by atoms with E-state index in [1.807, 2.05) is 27.7 Å². The van der Waals surface area contributed by atoms with Gasteiger partial charge in [-0.15, -0.1) is 0 Å². The standard InChI is InChI=1S/C18H37N2O7P/c1-7-17(8-2,13-19-15(21)24-11-5)26-28(23)27-18(9-3,10-4)14-20-16(22)25-12-6/h28H,7-14H2,1-6H3,(H,19,21)(H,20,22). The summed E-state index contributed by atoms with van der Waals surface area (Å²) in [6, 6.07) is 0. The lowest BCUT2D eigenvalue weighted by Gasteiger charge is -2.35. The van der Waals surface area contributed by atoms with Crippen LogP contribution in [0.15, 0.2) is 0 Å². The normalized spacial score (nSPS) is 12.0. The quantitative estimate of drug-likeness (QED) is 0.405. The molecule has 0 aromatic rings. The molecule has 0 bridgehead atoms. The zero-order valence-electron chi connectivity index (χ0n) is 18.0. The highest BCUT2D eigenvalue weighted by Crippen LogP contribution is 2.40. The molecule has 0 unspecified atom stereocenters. The number of hydrogen-bond donors (Lipinski definition) is 2. The molecule has 2 N–H and O–H groups in total. The zero-order valence-corrected chi connectivity index (χ0v) is 19.0. The van der Waals surface area contributed by atoms with Gasteiger partial charge in [-0.1, -0.05) is 27.7 Å². The maximum Gasteiger partial charge on any atom is 0.407 e. The van der Waals surface area contributed by atoms with Gasteiger partial charge in [0, 0.05) is 0 Å². The molecule has 0 rings (SSSR count). The summed E-state index contributed by atoms with van der Waals surface area (Å²) >= 11 is 0. The van der Waals surface area contributed by atoms with Crippen molar-refractivity contribution in [2.45, 2.75) is 78.4 Å². The van der Waals surface area contributed by atoms with Gasteiger partial charge in [-0.05, 0) is 39.5 Å². The van der Waals surface area contributed by atoms with Crippen LogP contribution in [0.1, 0.15) is 67.2 Å². The summed E-state index contributed by atoms with van der Waals surface area (Å²) in [7, 11) is -2.90. The number of hydrogen-bond acceptors (Lipinski definition) is 7. The number of carbonyl (C=O) groups is 2. The molecule has 0 atom stereocenters. The van der Waals surface area contributed by atoms with Crippen LogP contribution in [0.3, 0.4) is 0 Å². The van der Waals surface area contributed by atoms with E-state index in [1.165, 1.54) is 0 Å². The first kappa shape index (κ1) is 26.7. The second kappa shape index (κ2) is 13.8. The highest BCUT2D eigenvalue weighted by Gasteiger charge is 2.35. The molecular formula is C18H37N2O7P. The number of ether oxygens (including phenoxy) is 2. The predicted molar refractivity (Wildman–Crippen MR) is 108 cm³/mol. The van der Waals surface area contributed by atoms with Crippen LogP contribution in [0.2, 0.25) is 0 Å². The maximum absolute atomic E-state index is 12.7. The maximum atomic E-state index is 12.7. The number of carbonyl (C=O) groups excluding carboxylic acids is 2. The van der Waals surface area contributed by atoms with E-state index in [0.29, 0.717) is 25.7 Å². The minimum absolute atomic E-state index is 0.158. The lowest BCUT2D eigenvalue weighted by Crippen LogP contribution is -2.45. The van der Waals surface area contributed by atoms with Gasteiger partial charge in [-0.3, -0.25) is 4.57 Å². The Balaban J connectivity index is 5.02. The Bertz CT molecular complexity index is 452. The molecular weight excluding hydrogens is 387 g/mol. The Morgan fingerprint density at radius 3 is 1.29 bits per heavy atom. The van der Waals surface area contributed by atoms with Crippen molar-refractivity contribution in [3.8, 4) is 0 Å². The summed E-state index contributed by atoms with van der Waals surface area (Å²) in [4.78, 5) is 23.2. The van der Waals surface area contributed by atoms with Gasteiger partial charge in [0.15, 0.2) is 0 Å². The van der Waals surface area contributed by atoms with Gasteiger partial charge < -0.3 is 29.2 Å². The number of alkyl carbamates (subject to hydrolysis) is 2. The Hall–Kier alpha value is -1.31. The molecule has 0 radical (unpaired) electrons. The third kappa shape index (κ3) is 9.26. The summed E-state index contributed by atoms with van der Waals surface area (Å²) in [5.74, 6) is 0. The molecule has 0 aliphatic heterocycles. The Labute approximate surface area is 169 Å². The molecule has 0 aliphatic carbocycles. The number of amides is 2. The van der Waals surface area contributed by atoms with Gasteiger partial charge in [0.1, 0.15) is 0 Å². The molecule has 0 saturated heterocycles. The molecule has 2 amide bonds. The fourth-order valence-corrected chi connectivity index (χ4v) is 4.04. The molecule has 0 fully saturated rings. The lowest BCUT2D eigenvalue weighted by molar-refractivity contribution is 0.00325. The highest BCUT2D eigenvalue weighted by molar-refractivity contribution is 7.33. The molecule has 0 heterocycles. The number of rotatable bonds is 14. The largest absolute Gasteiger partial charge is 0.450 e. The van der Waals surface area contributed by atoms with E-state index in [0.717, 1.165) is 0 Å². The monoisotopic (exact) mass is 424 g/mol. The Morgan fingerprint density at radius 2 is 1.04 bits per heavy atom. The van der Waals surface area contributed by atoms with Gasteiger partial charge in [-0.2, -0.15) is 0 Å². The predicted octanol–water partition coefficient (Wildman–Crippen LogP) is 4.02. The summed E-state index contributed by atoms with van der Waals surface area (Å²) in [5.41, 5.74) is -1.66. The van der Waals surface area contributed by atoms with E-state index in [1.54, 1.807) is 13.8 Å². The van der Waals surface area contributed by atoms with Crippen molar-refractivity contribution >= 4 is 20.4 Å². The van der Waals surface area contributed by atoms with Crippen LogP contribution < -0.4 is 10.6 Å². The van der Waals surface area contributed by atoms with Crippen LogP contribution in [0.4, 0.5) is 9.59 Å². The van der Waals surface area contributed by atoms with Crippen molar-refractivity contribution in [3.63, 3.8) is 0 Å². The minimum atomic E-state index is -2.90. The second-order valence-corrected chi connectivity index (χ2v) is 7.29. The summed E-state index contributed by atoms with van der Waals surface area (Å²) < 4.78 is 34.0. The van der Waals surface area contributed by atoms with E-state index in [-0.39, 0.29) is 26.3 Å². The summed E-state index contributed by atoms with van der Waals surface area (Å²) in [5, 5.41) is 5.28. The van der Waals surface area contributed by atoms with Crippen molar-refractivity contribution < 1.29 is 32.7 Å². The van der Waals surface area contributed by atoms with Crippen molar-refractivity contribution in [3.05, 3.63) is 0 Å². The van der Waals surface area contributed by atoms with Crippen molar-refractivity contribution in [1.29, 1.82) is 0 Å². The van der Waals surface area contributed by atoms with Crippen molar-refractivity contribution in [2.75, 3.05) is 26.3 Å². The van der Waals surface area contributed by atoms with Crippen LogP contribution in [0, 0.1) is 0 Å². The zero-order chi connectivity index (χ0) is 21.6. The number of nitrogens with one attached hydrogen (secondary N) is 2. The molecule has 0 aromatic carbocycles. The van der Waals surface area contributed by atoms with E-state index in [9.17, 15) is 14.2 Å². The third-order valence-electron chi connectivity index (χ3n) is 4.84.